The maximum Gasteiger partial charge on any atom is 0.343 e. The van der Waals surface area contributed by atoms with Gasteiger partial charge in [-0.1, -0.05) is 20.8 Å². The molecule has 1 rings (SSSR count). The molecule has 1 aromatic rings. The molecule has 16 heavy (non-hydrogen) atoms. The van der Waals surface area contributed by atoms with Crippen molar-refractivity contribution < 1.29 is 9.90 Å². The molecule has 0 saturated carbocycles. The van der Waals surface area contributed by atoms with Crippen LogP contribution in [-0.2, 0) is 6.54 Å². The number of rotatable bonds is 4. The maximum absolute atomic E-state index is 11.9. The third-order valence-electron chi connectivity index (χ3n) is 2.29. The highest BCUT2D eigenvalue weighted by molar-refractivity contribution is 5.88. The van der Waals surface area contributed by atoms with Crippen LogP contribution >= 0.6 is 0 Å². The molecule has 0 aromatic carbocycles. The molecule has 0 spiro atoms. The minimum atomic E-state index is -1.20. The van der Waals surface area contributed by atoms with E-state index in [9.17, 15) is 9.59 Å². The van der Waals surface area contributed by atoms with E-state index >= 15 is 0 Å². The number of carboxylic acid groups (broad SMARTS) is 1. The van der Waals surface area contributed by atoms with Crippen LogP contribution in [0.4, 0.5) is 0 Å². The Balaban J connectivity index is 3.42. The zero-order chi connectivity index (χ0) is 12.3. The first kappa shape index (κ1) is 12.4. The molecule has 88 valence electrons. The van der Waals surface area contributed by atoms with E-state index in [1.807, 2.05) is 20.8 Å². The Morgan fingerprint density at radius 1 is 1.56 bits per heavy atom. The molecule has 0 unspecified atom stereocenters. The lowest BCUT2D eigenvalue weighted by atomic mass is 10.1. The summed E-state index contributed by atoms with van der Waals surface area (Å²) >= 11 is 0. The summed E-state index contributed by atoms with van der Waals surface area (Å²) in [4.78, 5) is 27.0. The largest absolute Gasteiger partial charge is 0.477 e. The van der Waals surface area contributed by atoms with E-state index in [-0.39, 0.29) is 11.5 Å². The second-order valence-electron chi connectivity index (χ2n) is 3.96. The summed E-state index contributed by atoms with van der Waals surface area (Å²) in [5, 5.41) is 9.03. The fourth-order valence-electron chi connectivity index (χ4n) is 1.54. The van der Waals surface area contributed by atoms with Crippen molar-refractivity contribution in [2.24, 2.45) is 0 Å². The average molecular weight is 224 g/mol. The lowest BCUT2D eigenvalue weighted by Crippen LogP contribution is -2.29. The van der Waals surface area contributed by atoms with Crippen LogP contribution in [0.5, 0.6) is 0 Å². The van der Waals surface area contributed by atoms with Crippen molar-refractivity contribution in [1.29, 1.82) is 0 Å². The molecular weight excluding hydrogens is 208 g/mol. The molecule has 0 aliphatic carbocycles. The van der Waals surface area contributed by atoms with Crippen LogP contribution in [0.2, 0.25) is 0 Å². The lowest BCUT2D eigenvalue weighted by Gasteiger charge is -2.10. The number of nitrogens with zero attached hydrogens (tertiary/aromatic N) is 2. The molecule has 1 aromatic heterocycles. The highest BCUT2D eigenvalue weighted by Gasteiger charge is 2.20. The van der Waals surface area contributed by atoms with Gasteiger partial charge in [0.2, 0.25) is 0 Å². The van der Waals surface area contributed by atoms with Crippen LogP contribution < -0.4 is 5.56 Å². The predicted octanol–water partition coefficient (Wildman–Crippen LogP) is 1.47. The number of hydrogen-bond donors (Lipinski definition) is 1. The minimum Gasteiger partial charge on any atom is -0.477 e. The predicted molar refractivity (Wildman–Crippen MR) is 59.8 cm³/mol. The zero-order valence-corrected chi connectivity index (χ0v) is 9.73. The summed E-state index contributed by atoms with van der Waals surface area (Å²) in [5.74, 6) is -1.28. The van der Waals surface area contributed by atoms with Gasteiger partial charge >= 0.3 is 5.97 Å². The Morgan fingerprint density at radius 2 is 2.19 bits per heavy atom. The van der Waals surface area contributed by atoms with E-state index in [1.165, 1.54) is 10.9 Å². The van der Waals surface area contributed by atoms with Gasteiger partial charge in [0.1, 0.15) is 5.56 Å². The van der Waals surface area contributed by atoms with Gasteiger partial charge in [0.05, 0.1) is 12.0 Å². The van der Waals surface area contributed by atoms with Crippen LogP contribution in [0.1, 0.15) is 49.2 Å². The van der Waals surface area contributed by atoms with Crippen LogP contribution in [-0.4, -0.2) is 20.6 Å². The van der Waals surface area contributed by atoms with Crippen LogP contribution in [0, 0.1) is 0 Å². The summed E-state index contributed by atoms with van der Waals surface area (Å²) in [6.45, 7) is 6.05. The second kappa shape index (κ2) is 4.92. The summed E-state index contributed by atoms with van der Waals surface area (Å²) in [6.07, 6.45) is 2.19. The third kappa shape index (κ3) is 2.29. The van der Waals surface area contributed by atoms with E-state index in [0.717, 1.165) is 6.42 Å². The molecule has 0 atom stereocenters. The monoisotopic (exact) mass is 224 g/mol. The molecule has 5 heteroatoms. The van der Waals surface area contributed by atoms with Gasteiger partial charge in [-0.25, -0.2) is 9.78 Å². The number of carboxylic acids is 1. The van der Waals surface area contributed by atoms with Gasteiger partial charge < -0.3 is 5.11 Å². The van der Waals surface area contributed by atoms with Crippen LogP contribution in [0.15, 0.2) is 11.1 Å². The number of carbonyl (C=O) groups is 1. The van der Waals surface area contributed by atoms with Crippen molar-refractivity contribution in [2.45, 2.75) is 39.7 Å². The zero-order valence-electron chi connectivity index (χ0n) is 9.73. The average Bonchev–Trinajstić information content (AvgIpc) is 2.20. The van der Waals surface area contributed by atoms with E-state index in [4.69, 9.17) is 5.11 Å². The van der Waals surface area contributed by atoms with Gasteiger partial charge in [0.25, 0.3) is 5.56 Å². The standard InChI is InChI=1S/C11H16N2O3/c1-4-5-13-6-12-9(7(2)3)8(10(13)14)11(15)16/h6-7H,4-5H2,1-3H3,(H,15,16). The SMILES string of the molecule is CCCn1cnc(C(C)C)c(C(=O)O)c1=O. The van der Waals surface area contributed by atoms with E-state index in [2.05, 4.69) is 4.98 Å². The van der Waals surface area contributed by atoms with E-state index in [1.54, 1.807) is 0 Å². The van der Waals surface area contributed by atoms with Crippen molar-refractivity contribution in [3.8, 4) is 0 Å². The van der Waals surface area contributed by atoms with Gasteiger partial charge in [-0.2, -0.15) is 0 Å². The van der Waals surface area contributed by atoms with E-state index < -0.39 is 11.5 Å². The molecule has 0 bridgehead atoms. The highest BCUT2D eigenvalue weighted by Crippen LogP contribution is 2.13. The van der Waals surface area contributed by atoms with Crippen LogP contribution in [0.3, 0.4) is 0 Å². The number of hydrogen-bond acceptors (Lipinski definition) is 3. The topological polar surface area (TPSA) is 72.2 Å². The molecule has 0 amide bonds. The van der Waals surface area contributed by atoms with Crippen molar-refractivity contribution in [3.05, 3.63) is 27.9 Å². The first-order chi connectivity index (χ1) is 7.49. The Labute approximate surface area is 93.8 Å². The van der Waals surface area contributed by atoms with E-state index in [0.29, 0.717) is 12.2 Å². The lowest BCUT2D eigenvalue weighted by molar-refractivity contribution is 0.0691. The third-order valence-corrected chi connectivity index (χ3v) is 2.29. The van der Waals surface area contributed by atoms with Gasteiger partial charge in [-0.05, 0) is 12.3 Å². The Hall–Kier alpha value is -1.65. The fourth-order valence-corrected chi connectivity index (χ4v) is 1.54. The Bertz CT molecular complexity index is 449. The maximum atomic E-state index is 11.9. The smallest absolute Gasteiger partial charge is 0.343 e. The quantitative estimate of drug-likeness (QED) is 0.840. The molecular formula is C11H16N2O3. The summed E-state index contributed by atoms with van der Waals surface area (Å²) < 4.78 is 1.34. The summed E-state index contributed by atoms with van der Waals surface area (Å²) in [5.41, 5.74) is -0.316. The van der Waals surface area contributed by atoms with Crippen molar-refractivity contribution >= 4 is 5.97 Å². The van der Waals surface area contributed by atoms with Crippen molar-refractivity contribution in [1.82, 2.24) is 9.55 Å². The molecule has 1 N–H and O–H groups in total. The molecule has 0 radical (unpaired) electrons. The first-order valence-electron chi connectivity index (χ1n) is 5.31. The van der Waals surface area contributed by atoms with Gasteiger partial charge in [-0.15, -0.1) is 0 Å². The highest BCUT2D eigenvalue weighted by atomic mass is 16.4. The normalized spacial score (nSPS) is 10.8. The first-order valence-corrected chi connectivity index (χ1v) is 5.31. The number of aromatic carboxylic acids is 1. The fraction of sp³-hybridized carbons (Fsp3) is 0.545. The van der Waals surface area contributed by atoms with Crippen molar-refractivity contribution in [2.75, 3.05) is 0 Å². The molecule has 0 saturated heterocycles. The minimum absolute atomic E-state index is 0.0740. The number of aryl methyl sites for hydroxylation is 1. The number of aromatic nitrogens is 2. The molecule has 5 nitrogen and oxygen atoms in total. The Kier molecular flexibility index (Phi) is 3.82. The molecule has 1 heterocycles. The molecule has 0 fully saturated rings. The van der Waals surface area contributed by atoms with Gasteiger partial charge in [-0.3, -0.25) is 9.36 Å². The Morgan fingerprint density at radius 3 is 2.62 bits per heavy atom. The molecule has 0 aliphatic rings. The van der Waals surface area contributed by atoms with Crippen LogP contribution in [0.25, 0.3) is 0 Å². The summed E-state index contributed by atoms with van der Waals surface area (Å²) in [7, 11) is 0. The second-order valence-corrected chi connectivity index (χ2v) is 3.96. The van der Waals surface area contributed by atoms with Crippen molar-refractivity contribution in [3.63, 3.8) is 0 Å². The van der Waals surface area contributed by atoms with Gasteiger partial charge in [0, 0.05) is 6.54 Å². The van der Waals surface area contributed by atoms with Gasteiger partial charge in [0.15, 0.2) is 0 Å². The molecule has 0 aliphatic heterocycles. The summed E-state index contributed by atoms with van der Waals surface area (Å²) in [6, 6.07) is 0.